The van der Waals surface area contributed by atoms with Gasteiger partial charge in [0, 0.05) is 17.7 Å². The van der Waals surface area contributed by atoms with Crippen LogP contribution in [0.5, 0.6) is 5.75 Å². The molecule has 0 bridgehead atoms. The number of carbonyl (C=O) groups is 1. The summed E-state index contributed by atoms with van der Waals surface area (Å²) in [6, 6.07) is 15.0. The number of aliphatic hydroxyl groups is 1. The van der Waals surface area contributed by atoms with E-state index < -0.39 is 58.9 Å². The number of aliphatic hydroxyl groups excluding tert-OH is 1. The summed E-state index contributed by atoms with van der Waals surface area (Å²) in [6.45, 7) is -2.01. The highest BCUT2D eigenvalue weighted by molar-refractivity contribution is 7.91. The summed E-state index contributed by atoms with van der Waals surface area (Å²) >= 11 is 0. The Bertz CT molecular complexity index is 1500. The van der Waals surface area contributed by atoms with Crippen molar-refractivity contribution in [2.45, 2.75) is 49.2 Å². The Hall–Kier alpha value is -3.75. The van der Waals surface area contributed by atoms with E-state index in [1.165, 1.54) is 55.5 Å². The zero-order valence-corrected chi connectivity index (χ0v) is 24.3. The predicted octanol–water partition coefficient (Wildman–Crippen LogP) is 5.23. The third kappa shape index (κ3) is 8.24. The van der Waals surface area contributed by atoms with Crippen LogP contribution in [0.4, 0.5) is 27.6 Å². The first-order valence-electron chi connectivity index (χ1n) is 13.7. The van der Waals surface area contributed by atoms with Gasteiger partial charge in [-0.25, -0.2) is 8.42 Å². The van der Waals surface area contributed by atoms with Crippen LogP contribution in [0.15, 0.2) is 77.7 Å². The maximum absolute atomic E-state index is 12.9. The molecule has 1 aliphatic rings. The lowest BCUT2D eigenvalue weighted by Gasteiger charge is -2.26. The fraction of sp³-hybridized carbons (Fsp3) is 0.367. The van der Waals surface area contributed by atoms with Gasteiger partial charge in [-0.05, 0) is 66.2 Å². The van der Waals surface area contributed by atoms with Crippen molar-refractivity contribution in [2.75, 3.05) is 30.4 Å². The minimum atomic E-state index is -4.49. The number of carbonyl (C=O) groups excluding carboxylic acids is 1. The molecule has 1 saturated heterocycles. The number of nitrogens with one attached hydrogen (secondary N) is 1. The molecule has 0 spiro atoms. The van der Waals surface area contributed by atoms with Crippen LogP contribution < -0.4 is 15.0 Å². The number of anilines is 1. The molecule has 1 aliphatic heterocycles. The molecule has 0 aromatic heterocycles. The Morgan fingerprint density at radius 3 is 2.20 bits per heavy atom. The normalized spacial score (nSPS) is 18.0. The Labute approximate surface area is 251 Å². The molecule has 0 radical (unpaired) electrons. The summed E-state index contributed by atoms with van der Waals surface area (Å²) in [5.41, 5.74) is 0.505. The van der Waals surface area contributed by atoms with Crippen LogP contribution in [0.2, 0.25) is 0 Å². The van der Waals surface area contributed by atoms with Gasteiger partial charge in [0.25, 0.3) is 5.91 Å². The van der Waals surface area contributed by atoms with Crippen LogP contribution in [-0.4, -0.2) is 63.7 Å². The van der Waals surface area contributed by atoms with Crippen molar-refractivity contribution < 1.29 is 49.7 Å². The number of amides is 1. The molecule has 44 heavy (non-hydrogen) atoms. The standard InChI is InChI=1S/C30H31F5N2O6S/c1-2-44(40,41)26-13-5-19(6-14-26)27(17-38)36-28(39)20-3-9-22(10-4-20)37-16-25(15-23(37)18-42-29(31)32)43-24-11-7-21(8-12-24)30(33,34)35/h3-14,23,25,27,29,38H,2,15-18H2,1H3,(H,36,39)/t23-,25?,27-/m0/s1. The molecule has 2 N–H and O–H groups in total. The zero-order chi connectivity index (χ0) is 32.1. The number of benzene rings is 3. The average molecular weight is 643 g/mol. The second-order valence-corrected chi connectivity index (χ2v) is 12.4. The van der Waals surface area contributed by atoms with Crippen molar-refractivity contribution in [1.82, 2.24) is 5.32 Å². The van der Waals surface area contributed by atoms with E-state index in [-0.39, 0.29) is 41.5 Å². The number of ether oxygens (including phenoxy) is 2. The summed E-state index contributed by atoms with van der Waals surface area (Å²) in [6.07, 6.45) is -4.77. The summed E-state index contributed by atoms with van der Waals surface area (Å²) in [5.74, 6) is -0.374. The van der Waals surface area contributed by atoms with Crippen LogP contribution in [0, 0.1) is 0 Å². The minimum absolute atomic E-state index is 0.0627. The predicted molar refractivity (Wildman–Crippen MR) is 151 cm³/mol. The Morgan fingerprint density at radius 1 is 1.02 bits per heavy atom. The third-order valence-corrected chi connectivity index (χ3v) is 9.00. The summed E-state index contributed by atoms with van der Waals surface area (Å²) < 4.78 is 98.8. The largest absolute Gasteiger partial charge is 0.489 e. The maximum Gasteiger partial charge on any atom is 0.416 e. The van der Waals surface area contributed by atoms with Crippen LogP contribution in [0.25, 0.3) is 0 Å². The van der Waals surface area contributed by atoms with E-state index >= 15 is 0 Å². The maximum atomic E-state index is 12.9. The third-order valence-electron chi connectivity index (χ3n) is 7.25. The van der Waals surface area contributed by atoms with E-state index in [1.807, 2.05) is 0 Å². The Kier molecular flexibility index (Phi) is 10.5. The SMILES string of the molecule is CCS(=O)(=O)c1ccc([C@H](CO)NC(=O)c2ccc(N3CC(Oc4ccc(C(F)(F)F)cc4)C[C@H]3COC(F)F)cc2)cc1. The second kappa shape index (κ2) is 13.9. The highest BCUT2D eigenvalue weighted by Gasteiger charge is 2.35. The molecule has 8 nitrogen and oxygen atoms in total. The zero-order valence-electron chi connectivity index (χ0n) is 23.5. The van der Waals surface area contributed by atoms with Crippen LogP contribution in [0.3, 0.4) is 0 Å². The average Bonchev–Trinajstić information content (AvgIpc) is 3.41. The van der Waals surface area contributed by atoms with Crippen LogP contribution >= 0.6 is 0 Å². The minimum Gasteiger partial charge on any atom is -0.489 e. The quantitative estimate of drug-likeness (QED) is 0.261. The molecule has 14 heteroatoms. The second-order valence-electron chi connectivity index (χ2n) is 10.1. The first-order chi connectivity index (χ1) is 20.8. The van der Waals surface area contributed by atoms with Crippen molar-refractivity contribution in [3.8, 4) is 5.75 Å². The van der Waals surface area contributed by atoms with Gasteiger partial charge < -0.3 is 24.8 Å². The van der Waals surface area contributed by atoms with Gasteiger partial charge in [-0.3, -0.25) is 4.79 Å². The first-order valence-corrected chi connectivity index (χ1v) is 15.3. The van der Waals surface area contributed by atoms with E-state index in [1.54, 1.807) is 17.0 Å². The molecule has 1 heterocycles. The molecule has 238 valence electrons. The molecule has 1 amide bonds. The van der Waals surface area contributed by atoms with E-state index in [0.717, 1.165) is 12.1 Å². The van der Waals surface area contributed by atoms with Crippen LogP contribution in [-0.2, 0) is 20.8 Å². The molecular weight excluding hydrogens is 611 g/mol. The lowest BCUT2D eigenvalue weighted by molar-refractivity contribution is -0.137. The van der Waals surface area contributed by atoms with Gasteiger partial charge in [-0.15, -0.1) is 0 Å². The lowest BCUT2D eigenvalue weighted by Crippen LogP contribution is -2.34. The molecule has 4 rings (SSSR count). The summed E-state index contributed by atoms with van der Waals surface area (Å²) in [5, 5.41) is 12.6. The van der Waals surface area contributed by atoms with Gasteiger partial charge in [-0.1, -0.05) is 19.1 Å². The molecule has 1 fully saturated rings. The van der Waals surface area contributed by atoms with E-state index in [2.05, 4.69) is 10.1 Å². The van der Waals surface area contributed by atoms with Gasteiger partial charge in [0.05, 0.1) is 48.1 Å². The molecule has 3 aromatic rings. The molecule has 1 unspecified atom stereocenters. The summed E-state index contributed by atoms with van der Waals surface area (Å²) in [7, 11) is -3.41. The topological polar surface area (TPSA) is 105 Å². The fourth-order valence-corrected chi connectivity index (χ4v) is 5.77. The molecule has 3 aromatic carbocycles. The van der Waals surface area contributed by atoms with Gasteiger partial charge in [0.1, 0.15) is 11.9 Å². The Balaban J connectivity index is 1.44. The number of halogens is 5. The van der Waals surface area contributed by atoms with Crippen molar-refractivity contribution in [1.29, 1.82) is 0 Å². The van der Waals surface area contributed by atoms with Crippen molar-refractivity contribution in [3.05, 3.63) is 89.5 Å². The van der Waals surface area contributed by atoms with Gasteiger partial charge >= 0.3 is 12.8 Å². The Morgan fingerprint density at radius 2 is 1.66 bits per heavy atom. The van der Waals surface area contributed by atoms with E-state index in [0.29, 0.717) is 11.3 Å². The molecular formula is C30H31F5N2O6S. The van der Waals surface area contributed by atoms with E-state index in [4.69, 9.17) is 4.74 Å². The van der Waals surface area contributed by atoms with Gasteiger partial charge in [-0.2, -0.15) is 22.0 Å². The first kappa shape index (κ1) is 33.1. The number of sulfone groups is 1. The van der Waals surface area contributed by atoms with E-state index in [9.17, 15) is 40.3 Å². The van der Waals surface area contributed by atoms with Gasteiger partial charge in [0.15, 0.2) is 9.84 Å². The van der Waals surface area contributed by atoms with Crippen molar-refractivity contribution in [2.24, 2.45) is 0 Å². The molecule has 3 atom stereocenters. The molecule has 0 aliphatic carbocycles. The highest BCUT2D eigenvalue weighted by atomic mass is 32.2. The smallest absolute Gasteiger partial charge is 0.416 e. The lowest BCUT2D eigenvalue weighted by atomic mass is 10.1. The van der Waals surface area contributed by atoms with Crippen molar-refractivity contribution >= 4 is 21.4 Å². The van der Waals surface area contributed by atoms with Crippen LogP contribution in [0.1, 0.15) is 40.9 Å². The number of alkyl halides is 5. The monoisotopic (exact) mass is 642 g/mol. The fourth-order valence-electron chi connectivity index (χ4n) is 4.89. The number of hydrogen-bond acceptors (Lipinski definition) is 7. The number of hydrogen-bond donors (Lipinski definition) is 2. The van der Waals surface area contributed by atoms with Gasteiger partial charge in [0.2, 0.25) is 0 Å². The van der Waals surface area contributed by atoms with Crippen molar-refractivity contribution in [3.63, 3.8) is 0 Å². The highest BCUT2D eigenvalue weighted by Crippen LogP contribution is 2.33. The number of rotatable bonds is 12. The summed E-state index contributed by atoms with van der Waals surface area (Å²) in [4.78, 5) is 14.8. The number of nitrogens with zero attached hydrogens (tertiary/aromatic N) is 1. The molecule has 0 saturated carbocycles.